The SMILES string of the molecule is Cc1cc(C)nc(/C=C/c2n[nH]c3cc(Nc4ccccc4)ccc23)c1. The highest BCUT2D eigenvalue weighted by molar-refractivity contribution is 5.91. The molecule has 0 unspecified atom stereocenters. The van der Waals surface area contributed by atoms with Crippen LogP contribution in [0.3, 0.4) is 0 Å². The summed E-state index contributed by atoms with van der Waals surface area (Å²) in [5, 5.41) is 12.0. The Kier molecular flexibility index (Phi) is 4.23. The number of fused-ring (bicyclic) bond motifs is 1. The molecule has 0 aliphatic heterocycles. The Morgan fingerprint density at radius 2 is 1.73 bits per heavy atom. The van der Waals surface area contributed by atoms with Gasteiger partial charge in [-0.25, -0.2) is 0 Å². The van der Waals surface area contributed by atoms with Gasteiger partial charge in [0, 0.05) is 22.5 Å². The molecule has 0 amide bonds. The maximum Gasteiger partial charge on any atom is 0.0928 e. The summed E-state index contributed by atoms with van der Waals surface area (Å²) in [4.78, 5) is 4.54. The number of anilines is 2. The molecule has 26 heavy (non-hydrogen) atoms. The lowest BCUT2D eigenvalue weighted by Crippen LogP contribution is -1.89. The minimum atomic E-state index is 0.909. The average Bonchev–Trinajstić information content (AvgIpc) is 3.02. The molecule has 0 saturated carbocycles. The molecule has 2 N–H and O–H groups in total. The third-order valence-electron chi connectivity index (χ3n) is 4.18. The second-order valence-corrected chi connectivity index (χ2v) is 6.40. The highest BCUT2D eigenvalue weighted by Gasteiger charge is 2.04. The van der Waals surface area contributed by atoms with E-state index >= 15 is 0 Å². The van der Waals surface area contributed by atoms with Gasteiger partial charge in [0.05, 0.1) is 16.9 Å². The molecule has 0 bridgehead atoms. The number of H-pyrrole nitrogens is 1. The summed E-state index contributed by atoms with van der Waals surface area (Å²) in [6, 6.07) is 20.5. The van der Waals surface area contributed by atoms with Crippen LogP contribution in [0.2, 0.25) is 0 Å². The van der Waals surface area contributed by atoms with Crippen LogP contribution in [0, 0.1) is 13.8 Å². The zero-order chi connectivity index (χ0) is 17.9. The van der Waals surface area contributed by atoms with Crippen LogP contribution in [0.15, 0.2) is 60.7 Å². The third-order valence-corrected chi connectivity index (χ3v) is 4.18. The van der Waals surface area contributed by atoms with E-state index in [4.69, 9.17) is 0 Å². The largest absolute Gasteiger partial charge is 0.355 e. The second-order valence-electron chi connectivity index (χ2n) is 6.40. The number of benzene rings is 2. The van der Waals surface area contributed by atoms with Crippen LogP contribution >= 0.6 is 0 Å². The Bertz CT molecular complexity index is 1060. The number of aromatic nitrogens is 3. The Balaban J connectivity index is 1.60. The molecule has 0 aliphatic rings. The molecule has 0 aliphatic carbocycles. The Morgan fingerprint density at radius 3 is 2.54 bits per heavy atom. The molecule has 4 rings (SSSR count). The summed E-state index contributed by atoms with van der Waals surface area (Å²) < 4.78 is 0. The quantitative estimate of drug-likeness (QED) is 0.516. The molecule has 2 heterocycles. The van der Waals surface area contributed by atoms with E-state index in [9.17, 15) is 0 Å². The standard InChI is InChI=1S/C22H20N4/c1-15-12-16(2)23-18(13-15)9-11-21-20-10-8-19(14-22(20)26-25-21)24-17-6-4-3-5-7-17/h3-14,24H,1-2H3,(H,25,26)/b11-9+. The number of nitrogens with one attached hydrogen (secondary N) is 2. The molecule has 128 valence electrons. The number of pyridine rings is 1. The zero-order valence-corrected chi connectivity index (χ0v) is 14.8. The lowest BCUT2D eigenvalue weighted by Gasteiger charge is -2.05. The van der Waals surface area contributed by atoms with Gasteiger partial charge in [-0.2, -0.15) is 5.10 Å². The van der Waals surface area contributed by atoms with Gasteiger partial charge < -0.3 is 5.32 Å². The Morgan fingerprint density at radius 1 is 0.885 bits per heavy atom. The van der Waals surface area contributed by atoms with Gasteiger partial charge in [-0.15, -0.1) is 0 Å². The van der Waals surface area contributed by atoms with Gasteiger partial charge in [0.1, 0.15) is 0 Å². The molecule has 4 nitrogen and oxygen atoms in total. The fourth-order valence-electron chi connectivity index (χ4n) is 3.06. The van der Waals surface area contributed by atoms with Gasteiger partial charge in [0.2, 0.25) is 0 Å². The van der Waals surface area contributed by atoms with Gasteiger partial charge in [-0.1, -0.05) is 18.2 Å². The Labute approximate surface area is 152 Å². The van der Waals surface area contributed by atoms with Crippen LogP contribution in [0.4, 0.5) is 11.4 Å². The zero-order valence-electron chi connectivity index (χ0n) is 14.8. The summed E-state index contributed by atoms with van der Waals surface area (Å²) in [5.74, 6) is 0. The van der Waals surface area contributed by atoms with E-state index < -0.39 is 0 Å². The number of rotatable bonds is 4. The van der Waals surface area contributed by atoms with E-state index in [2.05, 4.69) is 57.8 Å². The van der Waals surface area contributed by atoms with Gasteiger partial charge in [0.15, 0.2) is 0 Å². The first-order valence-electron chi connectivity index (χ1n) is 8.61. The van der Waals surface area contributed by atoms with Gasteiger partial charge in [0.25, 0.3) is 0 Å². The molecule has 0 fully saturated rings. The Hall–Kier alpha value is -3.40. The third kappa shape index (κ3) is 3.49. The van der Waals surface area contributed by atoms with E-state index in [1.165, 1.54) is 5.56 Å². The topological polar surface area (TPSA) is 53.6 Å². The van der Waals surface area contributed by atoms with Gasteiger partial charge >= 0.3 is 0 Å². The number of hydrogen-bond acceptors (Lipinski definition) is 3. The smallest absolute Gasteiger partial charge is 0.0928 e. The van der Waals surface area contributed by atoms with Crippen LogP contribution < -0.4 is 5.32 Å². The summed E-state index contributed by atoms with van der Waals surface area (Å²) in [6.07, 6.45) is 4.01. The summed E-state index contributed by atoms with van der Waals surface area (Å²) in [6.45, 7) is 4.09. The van der Waals surface area contributed by atoms with Crippen LogP contribution in [-0.2, 0) is 0 Å². The number of nitrogens with zero attached hydrogens (tertiary/aromatic N) is 2. The van der Waals surface area contributed by atoms with Crippen molar-refractivity contribution in [2.45, 2.75) is 13.8 Å². The number of hydrogen-bond donors (Lipinski definition) is 2. The summed E-state index contributed by atoms with van der Waals surface area (Å²) in [7, 11) is 0. The fourth-order valence-corrected chi connectivity index (χ4v) is 3.06. The van der Waals surface area contributed by atoms with Gasteiger partial charge in [-0.3, -0.25) is 10.1 Å². The van der Waals surface area contributed by atoms with E-state index in [0.717, 1.165) is 39.4 Å². The highest BCUT2D eigenvalue weighted by atomic mass is 15.1. The van der Waals surface area contributed by atoms with Crippen molar-refractivity contribution in [1.82, 2.24) is 15.2 Å². The summed E-state index contributed by atoms with van der Waals surface area (Å²) >= 11 is 0. The summed E-state index contributed by atoms with van der Waals surface area (Å²) in [5.41, 5.74) is 7.17. The first kappa shape index (κ1) is 16.1. The maximum absolute atomic E-state index is 4.54. The monoisotopic (exact) mass is 340 g/mol. The van der Waals surface area contributed by atoms with Crippen molar-refractivity contribution in [3.8, 4) is 0 Å². The minimum Gasteiger partial charge on any atom is -0.355 e. The van der Waals surface area contributed by atoms with E-state index in [0.29, 0.717) is 0 Å². The number of aryl methyl sites for hydroxylation is 2. The molecule has 0 radical (unpaired) electrons. The highest BCUT2D eigenvalue weighted by Crippen LogP contribution is 2.24. The molecule has 0 spiro atoms. The number of para-hydroxylation sites is 1. The lowest BCUT2D eigenvalue weighted by molar-refractivity contribution is 1.11. The molecule has 0 atom stereocenters. The van der Waals surface area contributed by atoms with E-state index in [-0.39, 0.29) is 0 Å². The van der Waals surface area contributed by atoms with Crippen molar-refractivity contribution in [1.29, 1.82) is 0 Å². The van der Waals surface area contributed by atoms with Crippen molar-refractivity contribution in [2.24, 2.45) is 0 Å². The molecule has 2 aromatic heterocycles. The van der Waals surface area contributed by atoms with E-state index in [1.54, 1.807) is 0 Å². The molecule has 0 saturated heterocycles. The molecule has 4 heteroatoms. The predicted octanol–water partition coefficient (Wildman–Crippen LogP) is 5.49. The first-order valence-corrected chi connectivity index (χ1v) is 8.61. The van der Waals surface area contributed by atoms with Crippen molar-refractivity contribution >= 4 is 34.4 Å². The molecular weight excluding hydrogens is 320 g/mol. The predicted molar refractivity (Wildman–Crippen MR) is 108 cm³/mol. The van der Waals surface area contributed by atoms with Crippen LogP contribution in [0.5, 0.6) is 0 Å². The normalized spacial score (nSPS) is 11.3. The average molecular weight is 340 g/mol. The molecular formula is C22H20N4. The number of aromatic amines is 1. The lowest BCUT2D eigenvalue weighted by atomic mass is 10.1. The first-order chi connectivity index (χ1) is 12.7. The van der Waals surface area contributed by atoms with Crippen molar-refractivity contribution < 1.29 is 0 Å². The maximum atomic E-state index is 4.54. The molecule has 2 aromatic carbocycles. The fraction of sp³-hybridized carbons (Fsp3) is 0.0909. The second kappa shape index (κ2) is 6.84. The molecule has 4 aromatic rings. The van der Waals surface area contributed by atoms with Crippen LogP contribution in [0.1, 0.15) is 22.6 Å². The van der Waals surface area contributed by atoms with Gasteiger partial charge in [-0.05, 0) is 74.0 Å². The van der Waals surface area contributed by atoms with E-state index in [1.807, 2.05) is 49.4 Å². The van der Waals surface area contributed by atoms with Crippen molar-refractivity contribution in [3.05, 3.63) is 83.3 Å². The van der Waals surface area contributed by atoms with Crippen LogP contribution in [0.25, 0.3) is 23.1 Å². The van der Waals surface area contributed by atoms with Crippen molar-refractivity contribution in [2.75, 3.05) is 5.32 Å². The van der Waals surface area contributed by atoms with Crippen molar-refractivity contribution in [3.63, 3.8) is 0 Å². The van der Waals surface area contributed by atoms with Crippen LogP contribution in [-0.4, -0.2) is 15.2 Å². The minimum absolute atomic E-state index is 0.909.